The van der Waals surface area contributed by atoms with E-state index in [4.69, 9.17) is 4.74 Å². The van der Waals surface area contributed by atoms with Gasteiger partial charge < -0.3 is 15.4 Å². The number of hydrogen-bond donors (Lipinski definition) is 2. The summed E-state index contributed by atoms with van der Waals surface area (Å²) in [6.45, 7) is 4.71. The summed E-state index contributed by atoms with van der Waals surface area (Å²) in [5.74, 6) is 2.55. The molecule has 3 unspecified atom stereocenters. The maximum absolute atomic E-state index is 11.7. The SMILES string of the molecule is C=C1NC2CSC(CCCCC(=O)CCCCOC)C2N1. The van der Waals surface area contributed by atoms with Gasteiger partial charge in [-0.15, -0.1) is 0 Å². The first-order chi connectivity index (χ1) is 10.2. The van der Waals surface area contributed by atoms with Crippen molar-refractivity contribution >= 4 is 17.5 Å². The fourth-order valence-electron chi connectivity index (χ4n) is 3.11. The van der Waals surface area contributed by atoms with Crippen LogP contribution in [0, 0.1) is 0 Å². The molecule has 2 rings (SSSR count). The molecule has 0 aromatic heterocycles. The number of thioether (sulfide) groups is 1. The first-order valence-electron chi connectivity index (χ1n) is 8.05. The molecule has 5 heteroatoms. The lowest BCUT2D eigenvalue weighted by molar-refractivity contribution is -0.119. The van der Waals surface area contributed by atoms with Crippen molar-refractivity contribution in [2.75, 3.05) is 19.5 Å². The molecule has 0 saturated carbocycles. The van der Waals surface area contributed by atoms with Crippen LogP contribution in [0.1, 0.15) is 44.9 Å². The standard InChI is InChI=1S/C16H28N2O2S/c1-12-17-14-11-21-15(16(14)18-12)9-4-3-7-13(19)8-5-6-10-20-2/h14-18H,1,3-11H2,2H3. The Bertz CT molecular complexity index is 362. The number of hydrogen-bond acceptors (Lipinski definition) is 5. The Morgan fingerprint density at radius 2 is 2.05 bits per heavy atom. The van der Waals surface area contributed by atoms with E-state index in [9.17, 15) is 4.79 Å². The molecule has 0 aromatic rings. The highest BCUT2D eigenvalue weighted by molar-refractivity contribution is 8.00. The van der Waals surface area contributed by atoms with E-state index in [1.165, 1.54) is 12.2 Å². The van der Waals surface area contributed by atoms with Gasteiger partial charge in [-0.25, -0.2) is 0 Å². The average molecular weight is 312 g/mol. The van der Waals surface area contributed by atoms with Gasteiger partial charge in [0.2, 0.25) is 0 Å². The molecule has 0 amide bonds. The molecular formula is C16H28N2O2S. The van der Waals surface area contributed by atoms with E-state index in [-0.39, 0.29) is 0 Å². The van der Waals surface area contributed by atoms with Crippen LogP contribution >= 0.6 is 11.8 Å². The van der Waals surface area contributed by atoms with E-state index < -0.39 is 0 Å². The smallest absolute Gasteiger partial charge is 0.132 e. The molecule has 4 nitrogen and oxygen atoms in total. The molecule has 2 N–H and O–H groups in total. The third kappa shape index (κ3) is 5.22. The summed E-state index contributed by atoms with van der Waals surface area (Å²) in [6, 6.07) is 1.09. The van der Waals surface area contributed by atoms with Crippen LogP contribution in [0.5, 0.6) is 0 Å². The highest BCUT2D eigenvalue weighted by Crippen LogP contribution is 2.34. The van der Waals surface area contributed by atoms with Crippen molar-refractivity contribution < 1.29 is 9.53 Å². The van der Waals surface area contributed by atoms with Crippen LogP contribution in [-0.2, 0) is 9.53 Å². The summed E-state index contributed by atoms with van der Waals surface area (Å²) in [4.78, 5) is 11.7. The normalized spacial score (nSPS) is 27.3. The molecule has 0 aromatic carbocycles. The second-order valence-corrected chi connectivity index (χ2v) is 7.28. The minimum Gasteiger partial charge on any atom is -0.385 e. The van der Waals surface area contributed by atoms with Gasteiger partial charge in [0.15, 0.2) is 0 Å². The number of nitrogens with one attached hydrogen (secondary N) is 2. The van der Waals surface area contributed by atoms with Crippen molar-refractivity contribution in [3.63, 3.8) is 0 Å². The number of fused-ring (bicyclic) bond motifs is 1. The van der Waals surface area contributed by atoms with Gasteiger partial charge in [-0.1, -0.05) is 13.0 Å². The molecule has 120 valence electrons. The van der Waals surface area contributed by atoms with Crippen molar-refractivity contribution in [3.05, 3.63) is 12.4 Å². The van der Waals surface area contributed by atoms with Gasteiger partial charge in [0, 0.05) is 37.6 Å². The predicted octanol–water partition coefficient (Wildman–Crippen LogP) is 2.45. The van der Waals surface area contributed by atoms with E-state index >= 15 is 0 Å². The molecule has 2 saturated heterocycles. The Morgan fingerprint density at radius 1 is 1.29 bits per heavy atom. The van der Waals surface area contributed by atoms with Gasteiger partial charge >= 0.3 is 0 Å². The number of carbonyl (C=O) groups excluding carboxylic acids is 1. The molecule has 0 bridgehead atoms. The summed E-state index contributed by atoms with van der Waals surface area (Å²) in [7, 11) is 1.71. The number of Topliss-reactive ketones (excluding diaryl/α,β-unsaturated/α-hetero) is 1. The van der Waals surface area contributed by atoms with Crippen molar-refractivity contribution in [1.29, 1.82) is 0 Å². The average Bonchev–Trinajstić information content (AvgIpc) is 2.99. The zero-order chi connectivity index (χ0) is 15.1. The molecule has 2 heterocycles. The van der Waals surface area contributed by atoms with Crippen LogP contribution in [0.15, 0.2) is 12.4 Å². The van der Waals surface area contributed by atoms with Gasteiger partial charge in [-0.05, 0) is 25.7 Å². The van der Waals surface area contributed by atoms with E-state index in [0.29, 0.717) is 23.1 Å². The van der Waals surface area contributed by atoms with E-state index in [1.807, 2.05) is 11.8 Å². The number of carbonyl (C=O) groups is 1. The monoisotopic (exact) mass is 312 g/mol. The fourth-order valence-corrected chi connectivity index (χ4v) is 4.65. The number of ether oxygens (including phenoxy) is 1. The summed E-state index contributed by atoms with van der Waals surface area (Å²) >= 11 is 2.05. The van der Waals surface area contributed by atoms with Gasteiger partial charge in [0.25, 0.3) is 0 Å². The second kappa shape index (κ2) is 8.69. The lowest BCUT2D eigenvalue weighted by Crippen LogP contribution is -2.36. The quantitative estimate of drug-likeness (QED) is 0.607. The molecule has 2 aliphatic heterocycles. The van der Waals surface area contributed by atoms with Gasteiger partial charge in [0.1, 0.15) is 5.78 Å². The Kier molecular flexibility index (Phi) is 6.90. The predicted molar refractivity (Wildman–Crippen MR) is 88.4 cm³/mol. The van der Waals surface area contributed by atoms with Crippen LogP contribution in [0.3, 0.4) is 0 Å². The van der Waals surface area contributed by atoms with Gasteiger partial charge in [-0.3, -0.25) is 4.79 Å². The minimum absolute atomic E-state index is 0.414. The number of ketones is 1. The third-order valence-electron chi connectivity index (χ3n) is 4.27. The maximum atomic E-state index is 11.7. The summed E-state index contributed by atoms with van der Waals surface area (Å²) < 4.78 is 4.99. The lowest BCUT2D eigenvalue weighted by Gasteiger charge is -2.17. The van der Waals surface area contributed by atoms with Gasteiger partial charge in [0.05, 0.1) is 17.9 Å². The first kappa shape index (κ1) is 16.7. The van der Waals surface area contributed by atoms with Crippen LogP contribution in [-0.4, -0.2) is 42.6 Å². The van der Waals surface area contributed by atoms with E-state index in [0.717, 1.165) is 51.0 Å². The highest BCUT2D eigenvalue weighted by atomic mass is 32.2. The zero-order valence-electron chi connectivity index (χ0n) is 13.0. The molecule has 0 radical (unpaired) electrons. The minimum atomic E-state index is 0.414. The van der Waals surface area contributed by atoms with Crippen LogP contribution < -0.4 is 10.6 Å². The zero-order valence-corrected chi connectivity index (χ0v) is 13.8. The fraction of sp³-hybridized carbons (Fsp3) is 0.812. The van der Waals surface area contributed by atoms with Crippen molar-refractivity contribution in [2.24, 2.45) is 0 Å². The Labute approximate surface area is 132 Å². The van der Waals surface area contributed by atoms with Crippen LogP contribution in [0.4, 0.5) is 0 Å². The number of methoxy groups -OCH3 is 1. The topological polar surface area (TPSA) is 50.4 Å². The van der Waals surface area contributed by atoms with Crippen LogP contribution in [0.2, 0.25) is 0 Å². The Morgan fingerprint density at radius 3 is 2.81 bits per heavy atom. The van der Waals surface area contributed by atoms with E-state index in [2.05, 4.69) is 17.2 Å². The molecule has 3 atom stereocenters. The van der Waals surface area contributed by atoms with E-state index in [1.54, 1.807) is 7.11 Å². The molecule has 0 aliphatic carbocycles. The Balaban J connectivity index is 1.52. The lowest BCUT2D eigenvalue weighted by atomic mass is 10.0. The van der Waals surface area contributed by atoms with Crippen LogP contribution in [0.25, 0.3) is 0 Å². The van der Waals surface area contributed by atoms with Gasteiger partial charge in [-0.2, -0.15) is 11.8 Å². The molecule has 0 spiro atoms. The molecule has 2 aliphatic rings. The summed E-state index contributed by atoms with van der Waals surface area (Å²) in [5, 5.41) is 7.51. The Hall–Kier alpha value is -0.680. The molecule has 21 heavy (non-hydrogen) atoms. The van der Waals surface area contributed by atoms with Crippen molar-refractivity contribution in [1.82, 2.24) is 10.6 Å². The summed E-state index contributed by atoms with van der Waals surface area (Å²) in [5.41, 5.74) is 0. The van der Waals surface area contributed by atoms with Crippen molar-refractivity contribution in [2.45, 2.75) is 62.3 Å². The third-order valence-corrected chi connectivity index (χ3v) is 5.78. The largest absolute Gasteiger partial charge is 0.385 e. The molecular weight excluding hydrogens is 284 g/mol. The summed E-state index contributed by atoms with van der Waals surface area (Å²) in [6.07, 6.45) is 6.81. The molecule has 2 fully saturated rings. The second-order valence-electron chi connectivity index (χ2n) is 6.01. The number of unbranched alkanes of at least 4 members (excludes halogenated alkanes) is 2. The maximum Gasteiger partial charge on any atom is 0.132 e. The van der Waals surface area contributed by atoms with Crippen molar-refractivity contribution in [3.8, 4) is 0 Å². The first-order valence-corrected chi connectivity index (χ1v) is 9.10. The number of rotatable bonds is 10. The highest BCUT2D eigenvalue weighted by Gasteiger charge is 2.40.